The van der Waals surface area contributed by atoms with Crippen LogP contribution in [-0.4, -0.2) is 28.2 Å². The maximum absolute atomic E-state index is 12.0. The smallest absolute Gasteiger partial charge is 0.329 e. The van der Waals surface area contributed by atoms with Crippen molar-refractivity contribution in [2.75, 3.05) is 0 Å². The van der Waals surface area contributed by atoms with E-state index in [1.54, 1.807) is 0 Å². The van der Waals surface area contributed by atoms with E-state index in [0.29, 0.717) is 12.8 Å². The Morgan fingerprint density at radius 3 is 2.11 bits per heavy atom. The summed E-state index contributed by atoms with van der Waals surface area (Å²) in [6.07, 6.45) is 4.38. The normalized spacial score (nSPS) is 18.4. The second kappa shape index (κ2) is 5.59. The Kier molecular flexibility index (Phi) is 4.59. The number of carboxylic acid groups (broad SMARTS) is 1. The second-order valence-electron chi connectivity index (χ2n) is 5.44. The number of nitrogens with one attached hydrogen (secondary N) is 2. The highest BCUT2D eigenvalue weighted by Crippen LogP contribution is 2.30. The predicted octanol–water partition coefficient (Wildman–Crippen LogP) is 2.26. The third kappa shape index (κ3) is 3.15. The maximum atomic E-state index is 12.0. The highest BCUT2D eigenvalue weighted by Gasteiger charge is 2.43. The summed E-state index contributed by atoms with van der Waals surface area (Å²) in [6, 6.07) is -0.370. The van der Waals surface area contributed by atoms with Crippen molar-refractivity contribution in [1.82, 2.24) is 10.6 Å². The first-order chi connectivity index (χ1) is 8.37. The number of urea groups is 1. The van der Waals surface area contributed by atoms with Gasteiger partial charge in [-0.05, 0) is 32.6 Å². The molecule has 1 aliphatic carbocycles. The zero-order valence-corrected chi connectivity index (χ0v) is 11.5. The van der Waals surface area contributed by atoms with Crippen molar-refractivity contribution < 1.29 is 14.7 Å². The molecule has 3 N–H and O–H groups in total. The van der Waals surface area contributed by atoms with Crippen molar-refractivity contribution >= 4 is 12.0 Å². The van der Waals surface area contributed by atoms with Crippen LogP contribution in [0, 0.1) is 0 Å². The van der Waals surface area contributed by atoms with Crippen molar-refractivity contribution in [3.8, 4) is 0 Å². The van der Waals surface area contributed by atoms with Crippen LogP contribution in [0.1, 0.15) is 59.3 Å². The van der Waals surface area contributed by atoms with Crippen LogP contribution >= 0.6 is 0 Å². The van der Waals surface area contributed by atoms with Gasteiger partial charge in [0.05, 0.1) is 0 Å². The van der Waals surface area contributed by atoms with Gasteiger partial charge in [-0.3, -0.25) is 0 Å². The minimum Gasteiger partial charge on any atom is -0.480 e. The zero-order valence-electron chi connectivity index (χ0n) is 11.5. The Balaban J connectivity index is 2.66. The molecular formula is C13H24N2O3. The van der Waals surface area contributed by atoms with Gasteiger partial charge in [0.15, 0.2) is 0 Å². The number of rotatable bonds is 5. The number of amides is 2. The van der Waals surface area contributed by atoms with E-state index in [1.807, 2.05) is 20.8 Å². The van der Waals surface area contributed by atoms with Crippen molar-refractivity contribution in [2.24, 2.45) is 0 Å². The lowest BCUT2D eigenvalue weighted by Gasteiger charge is -2.32. The summed E-state index contributed by atoms with van der Waals surface area (Å²) in [6.45, 7) is 5.98. The predicted molar refractivity (Wildman–Crippen MR) is 69.5 cm³/mol. The molecule has 0 aromatic heterocycles. The summed E-state index contributed by atoms with van der Waals surface area (Å²) < 4.78 is 0. The Labute approximate surface area is 108 Å². The SMILES string of the molecule is CCC(C)(CC)NC(=O)NC1(C(=O)O)CCCC1. The number of carbonyl (C=O) groups excluding carboxylic acids is 1. The standard InChI is InChI=1S/C13H24N2O3/c1-4-12(3,5-2)14-11(18)15-13(10(16)17)8-6-7-9-13/h4-9H2,1-3H3,(H,16,17)(H2,14,15,18). The largest absolute Gasteiger partial charge is 0.480 e. The first-order valence-corrected chi connectivity index (χ1v) is 6.71. The van der Waals surface area contributed by atoms with Gasteiger partial charge in [-0.2, -0.15) is 0 Å². The average Bonchev–Trinajstić information content (AvgIpc) is 2.78. The third-order valence-electron chi connectivity index (χ3n) is 4.20. The number of carbonyl (C=O) groups is 2. The van der Waals surface area contributed by atoms with E-state index in [-0.39, 0.29) is 11.6 Å². The van der Waals surface area contributed by atoms with Crippen LogP contribution in [0.4, 0.5) is 4.79 Å². The molecule has 5 nitrogen and oxygen atoms in total. The van der Waals surface area contributed by atoms with E-state index in [2.05, 4.69) is 10.6 Å². The third-order valence-corrected chi connectivity index (χ3v) is 4.20. The molecule has 1 rings (SSSR count). The lowest BCUT2D eigenvalue weighted by atomic mass is 9.95. The summed E-state index contributed by atoms with van der Waals surface area (Å²) >= 11 is 0. The Morgan fingerprint density at radius 1 is 1.22 bits per heavy atom. The molecule has 0 unspecified atom stereocenters. The zero-order chi connectivity index (χ0) is 13.8. The van der Waals surface area contributed by atoms with Gasteiger partial charge in [-0.25, -0.2) is 9.59 Å². The van der Waals surface area contributed by atoms with Crippen LogP contribution in [0.5, 0.6) is 0 Å². The van der Waals surface area contributed by atoms with Gasteiger partial charge in [-0.1, -0.05) is 26.7 Å². The van der Waals surface area contributed by atoms with Crippen molar-refractivity contribution in [2.45, 2.75) is 70.4 Å². The Bertz CT molecular complexity index is 318. The summed E-state index contributed by atoms with van der Waals surface area (Å²) in [4.78, 5) is 23.3. The van der Waals surface area contributed by atoms with E-state index in [0.717, 1.165) is 25.7 Å². The van der Waals surface area contributed by atoms with E-state index in [9.17, 15) is 14.7 Å². The lowest BCUT2D eigenvalue weighted by molar-refractivity contribution is -0.144. The van der Waals surface area contributed by atoms with Crippen LogP contribution in [0.25, 0.3) is 0 Å². The highest BCUT2D eigenvalue weighted by atomic mass is 16.4. The summed E-state index contributed by atoms with van der Waals surface area (Å²) in [5.74, 6) is -0.926. The lowest BCUT2D eigenvalue weighted by Crippen LogP contribution is -2.59. The molecule has 0 spiro atoms. The molecular weight excluding hydrogens is 232 g/mol. The first kappa shape index (κ1) is 14.8. The van der Waals surface area contributed by atoms with Gasteiger partial charge in [0, 0.05) is 5.54 Å². The van der Waals surface area contributed by atoms with Crippen molar-refractivity contribution in [3.63, 3.8) is 0 Å². The van der Waals surface area contributed by atoms with Crippen molar-refractivity contribution in [3.05, 3.63) is 0 Å². The van der Waals surface area contributed by atoms with Crippen LogP contribution < -0.4 is 10.6 Å². The number of aliphatic carboxylic acids is 1. The van der Waals surface area contributed by atoms with E-state index in [1.165, 1.54) is 0 Å². The van der Waals surface area contributed by atoms with Crippen LogP contribution in [0.15, 0.2) is 0 Å². The molecule has 1 fully saturated rings. The Hall–Kier alpha value is -1.26. The fraction of sp³-hybridized carbons (Fsp3) is 0.846. The first-order valence-electron chi connectivity index (χ1n) is 6.71. The van der Waals surface area contributed by atoms with E-state index < -0.39 is 11.5 Å². The molecule has 18 heavy (non-hydrogen) atoms. The topological polar surface area (TPSA) is 78.4 Å². The van der Waals surface area contributed by atoms with Gasteiger partial charge < -0.3 is 15.7 Å². The highest BCUT2D eigenvalue weighted by molar-refractivity contribution is 5.86. The van der Waals surface area contributed by atoms with Gasteiger partial charge >= 0.3 is 12.0 Å². The van der Waals surface area contributed by atoms with Crippen LogP contribution in [0.2, 0.25) is 0 Å². The maximum Gasteiger partial charge on any atom is 0.329 e. The van der Waals surface area contributed by atoms with Gasteiger partial charge in [0.25, 0.3) is 0 Å². The summed E-state index contributed by atoms with van der Waals surface area (Å²) in [7, 11) is 0. The van der Waals surface area contributed by atoms with Gasteiger partial charge in [0.1, 0.15) is 5.54 Å². The molecule has 1 aliphatic rings. The molecule has 0 atom stereocenters. The molecule has 0 saturated heterocycles. The summed E-state index contributed by atoms with van der Waals surface area (Å²) in [5, 5.41) is 14.8. The quantitative estimate of drug-likeness (QED) is 0.706. The Morgan fingerprint density at radius 2 is 1.72 bits per heavy atom. The summed E-state index contributed by atoms with van der Waals surface area (Å²) in [5.41, 5.74) is -1.34. The minimum atomic E-state index is -1.06. The van der Waals surface area contributed by atoms with Gasteiger partial charge in [0.2, 0.25) is 0 Å². The average molecular weight is 256 g/mol. The fourth-order valence-corrected chi connectivity index (χ4v) is 2.32. The number of carboxylic acids is 1. The number of hydrogen-bond acceptors (Lipinski definition) is 2. The monoisotopic (exact) mass is 256 g/mol. The molecule has 0 bridgehead atoms. The molecule has 0 aromatic rings. The molecule has 0 aliphatic heterocycles. The molecule has 0 aromatic carbocycles. The van der Waals surface area contributed by atoms with Crippen LogP contribution in [0.3, 0.4) is 0 Å². The van der Waals surface area contributed by atoms with Crippen molar-refractivity contribution in [1.29, 1.82) is 0 Å². The van der Waals surface area contributed by atoms with E-state index in [4.69, 9.17) is 0 Å². The second-order valence-corrected chi connectivity index (χ2v) is 5.44. The fourth-order valence-electron chi connectivity index (χ4n) is 2.32. The molecule has 104 valence electrons. The molecule has 1 saturated carbocycles. The molecule has 5 heteroatoms. The van der Waals surface area contributed by atoms with Crippen LogP contribution in [-0.2, 0) is 4.79 Å². The minimum absolute atomic E-state index is 0.275. The molecule has 2 amide bonds. The van der Waals surface area contributed by atoms with Gasteiger partial charge in [-0.15, -0.1) is 0 Å². The number of hydrogen-bond donors (Lipinski definition) is 3. The molecule has 0 radical (unpaired) electrons. The molecule has 0 heterocycles. The van der Waals surface area contributed by atoms with E-state index >= 15 is 0 Å².